The lowest BCUT2D eigenvalue weighted by Gasteiger charge is -2.30. The second-order valence-electron chi connectivity index (χ2n) is 11.8. The van der Waals surface area contributed by atoms with Crippen LogP contribution in [0.4, 0.5) is 0 Å². The van der Waals surface area contributed by atoms with Crippen LogP contribution in [-0.4, -0.2) is 39.5 Å². The van der Waals surface area contributed by atoms with Gasteiger partial charge < -0.3 is 25.0 Å². The molecule has 44 heavy (non-hydrogen) atoms. The summed E-state index contributed by atoms with van der Waals surface area (Å²) in [5.74, 6) is -0.684. The van der Waals surface area contributed by atoms with E-state index >= 15 is 0 Å². The Balaban J connectivity index is 1.36. The number of carbonyl (C=O) groups is 2. The van der Waals surface area contributed by atoms with Gasteiger partial charge in [0, 0.05) is 57.7 Å². The van der Waals surface area contributed by atoms with Crippen molar-refractivity contribution in [3.8, 4) is 0 Å². The van der Waals surface area contributed by atoms with Crippen molar-refractivity contribution in [2.75, 3.05) is 6.61 Å². The van der Waals surface area contributed by atoms with E-state index in [1.54, 1.807) is 0 Å². The maximum Gasteiger partial charge on any atom is 0.328 e. The molecule has 0 unspecified atom stereocenters. The second-order valence-corrected chi connectivity index (χ2v) is 11.8. The van der Waals surface area contributed by atoms with Crippen LogP contribution in [0.15, 0.2) is 91.4 Å². The van der Waals surface area contributed by atoms with Gasteiger partial charge in [0.05, 0.1) is 6.61 Å². The van der Waals surface area contributed by atoms with Crippen LogP contribution in [0.25, 0.3) is 32.7 Å². The van der Waals surface area contributed by atoms with E-state index in [9.17, 15) is 9.59 Å². The van der Waals surface area contributed by atoms with Crippen molar-refractivity contribution in [3.05, 3.63) is 108 Å². The number of hydrogen-bond acceptors (Lipinski definition) is 3. The van der Waals surface area contributed by atoms with Gasteiger partial charge in [-0.3, -0.25) is 4.79 Å². The molecule has 0 aliphatic carbocycles. The molecule has 3 aromatic heterocycles. The first kappa shape index (κ1) is 29.3. The predicted octanol–water partition coefficient (Wildman–Crippen LogP) is 7.68. The highest BCUT2D eigenvalue weighted by Crippen LogP contribution is 2.40. The number of esters is 1. The Bertz CT molecular complexity index is 1820. The number of ether oxygens (including phenoxy) is 1. The molecule has 0 spiro atoms. The van der Waals surface area contributed by atoms with Gasteiger partial charge >= 0.3 is 5.97 Å². The number of nitrogens with one attached hydrogen (secondary N) is 4. The van der Waals surface area contributed by atoms with Crippen LogP contribution in [0.3, 0.4) is 0 Å². The molecule has 6 rings (SSSR count). The van der Waals surface area contributed by atoms with Crippen LogP contribution < -0.4 is 5.32 Å². The number of aromatic nitrogens is 3. The molecule has 0 saturated carbocycles. The molecule has 0 saturated heterocycles. The van der Waals surface area contributed by atoms with Gasteiger partial charge in [0.25, 0.3) is 0 Å². The van der Waals surface area contributed by atoms with Crippen LogP contribution in [0.5, 0.6) is 0 Å². The standard InChI is InChI=1S/C37H40N4O3/c1-3-4-5-6-13-20-44-35(42)34(21-25-22-38-31-17-10-7-14-26(25)31)41-36(43)37(2,29-23-39-32-18-11-8-15-27(29)32)30-24-40-33-19-12-9-16-28(30)33/h7-12,14-19,22-24,34,38-40H,3-6,13,20-21H2,1-2H3,(H,41,43)/t34-/m0/s1. The molecule has 0 aliphatic rings. The van der Waals surface area contributed by atoms with Crippen LogP contribution in [0, 0.1) is 0 Å². The van der Waals surface area contributed by atoms with Crippen LogP contribution >= 0.6 is 0 Å². The minimum absolute atomic E-state index is 0.267. The summed E-state index contributed by atoms with van der Waals surface area (Å²) in [5.41, 5.74) is 4.37. The van der Waals surface area contributed by atoms with Crippen molar-refractivity contribution >= 4 is 44.6 Å². The molecular formula is C37H40N4O3. The van der Waals surface area contributed by atoms with Crippen molar-refractivity contribution in [2.45, 2.75) is 63.8 Å². The van der Waals surface area contributed by atoms with E-state index in [1.165, 1.54) is 6.42 Å². The molecule has 3 aromatic carbocycles. The number of fused-ring (bicyclic) bond motifs is 3. The molecule has 3 heterocycles. The monoisotopic (exact) mass is 588 g/mol. The van der Waals surface area contributed by atoms with Crippen molar-refractivity contribution in [3.63, 3.8) is 0 Å². The highest BCUT2D eigenvalue weighted by molar-refractivity contribution is 6.03. The summed E-state index contributed by atoms with van der Waals surface area (Å²) in [6, 6.07) is 23.1. The van der Waals surface area contributed by atoms with Gasteiger partial charge in [-0.1, -0.05) is 87.2 Å². The Morgan fingerprint density at radius 3 is 1.86 bits per heavy atom. The van der Waals surface area contributed by atoms with Gasteiger partial charge in [0.15, 0.2) is 0 Å². The zero-order valence-corrected chi connectivity index (χ0v) is 25.4. The van der Waals surface area contributed by atoms with Crippen molar-refractivity contribution in [1.82, 2.24) is 20.3 Å². The summed E-state index contributed by atoms with van der Waals surface area (Å²) >= 11 is 0. The number of aromatic amines is 3. The van der Waals surface area contributed by atoms with Crippen molar-refractivity contribution in [2.24, 2.45) is 0 Å². The van der Waals surface area contributed by atoms with E-state index in [1.807, 2.05) is 98.3 Å². The summed E-state index contributed by atoms with van der Waals surface area (Å²) in [6.45, 7) is 4.46. The largest absolute Gasteiger partial charge is 0.464 e. The van der Waals surface area contributed by atoms with E-state index in [0.717, 1.165) is 75.1 Å². The quantitative estimate of drug-likeness (QED) is 0.0822. The molecule has 7 heteroatoms. The minimum atomic E-state index is -1.13. The molecule has 1 atom stereocenters. The first-order valence-electron chi connectivity index (χ1n) is 15.7. The van der Waals surface area contributed by atoms with Gasteiger partial charge in [0.1, 0.15) is 11.5 Å². The molecule has 226 valence electrons. The summed E-state index contributed by atoms with van der Waals surface area (Å²) in [5, 5.41) is 6.11. The van der Waals surface area contributed by atoms with Crippen LogP contribution in [-0.2, 0) is 26.2 Å². The lowest BCUT2D eigenvalue weighted by atomic mass is 9.75. The number of para-hydroxylation sites is 3. The van der Waals surface area contributed by atoms with Crippen molar-refractivity contribution < 1.29 is 14.3 Å². The second kappa shape index (κ2) is 12.8. The molecule has 4 N–H and O–H groups in total. The van der Waals surface area contributed by atoms with Gasteiger partial charge in [0.2, 0.25) is 5.91 Å². The molecule has 6 aromatic rings. The zero-order valence-electron chi connectivity index (χ0n) is 25.4. The van der Waals surface area contributed by atoms with Gasteiger partial charge in [-0.05, 0) is 48.2 Å². The molecule has 0 aliphatic heterocycles. The van der Waals surface area contributed by atoms with E-state index in [4.69, 9.17) is 4.74 Å². The molecule has 0 fully saturated rings. The summed E-state index contributed by atoms with van der Waals surface area (Å²) in [4.78, 5) is 38.5. The molecule has 1 amide bonds. The van der Waals surface area contributed by atoms with E-state index in [-0.39, 0.29) is 5.91 Å². The van der Waals surface area contributed by atoms with E-state index in [2.05, 4.69) is 27.2 Å². The fraction of sp³-hybridized carbons (Fsp3) is 0.297. The summed E-state index contributed by atoms with van der Waals surface area (Å²) < 4.78 is 5.80. The van der Waals surface area contributed by atoms with Crippen molar-refractivity contribution in [1.29, 1.82) is 0 Å². The third-order valence-electron chi connectivity index (χ3n) is 8.89. The number of hydrogen-bond donors (Lipinski definition) is 4. The molecular weight excluding hydrogens is 548 g/mol. The highest BCUT2D eigenvalue weighted by Gasteiger charge is 2.42. The average molecular weight is 589 g/mol. The number of amides is 1. The maximum absolute atomic E-state index is 14.7. The molecule has 7 nitrogen and oxygen atoms in total. The van der Waals surface area contributed by atoms with Crippen LogP contribution in [0.1, 0.15) is 62.6 Å². The Morgan fingerprint density at radius 2 is 1.25 bits per heavy atom. The fourth-order valence-electron chi connectivity index (χ4n) is 6.36. The zero-order chi connectivity index (χ0) is 30.5. The number of H-pyrrole nitrogens is 3. The van der Waals surface area contributed by atoms with E-state index < -0.39 is 17.4 Å². The van der Waals surface area contributed by atoms with E-state index in [0.29, 0.717) is 13.0 Å². The Kier molecular flexibility index (Phi) is 8.55. The first-order valence-corrected chi connectivity index (χ1v) is 15.7. The fourth-order valence-corrected chi connectivity index (χ4v) is 6.36. The minimum Gasteiger partial charge on any atom is -0.464 e. The topological polar surface area (TPSA) is 103 Å². The number of carbonyl (C=O) groups excluding carboxylic acids is 2. The van der Waals surface area contributed by atoms with Gasteiger partial charge in [-0.2, -0.15) is 0 Å². The SMILES string of the molecule is CCCCCCCOC(=O)[C@H](Cc1c[nH]c2ccccc12)NC(=O)C(C)(c1c[nH]c2ccccc12)c1c[nH]c2ccccc12. The normalized spacial score (nSPS) is 12.6. The van der Waals surface area contributed by atoms with Gasteiger partial charge in [-0.25, -0.2) is 4.79 Å². The highest BCUT2D eigenvalue weighted by atomic mass is 16.5. The summed E-state index contributed by atoms with van der Waals surface area (Å²) in [6.07, 6.45) is 11.3. The maximum atomic E-state index is 14.7. The van der Waals surface area contributed by atoms with Gasteiger partial charge in [-0.15, -0.1) is 0 Å². The number of benzene rings is 3. The average Bonchev–Trinajstić information content (AvgIpc) is 3.79. The number of rotatable bonds is 13. The predicted molar refractivity (Wildman–Crippen MR) is 177 cm³/mol. The lowest BCUT2D eigenvalue weighted by Crippen LogP contribution is -2.51. The smallest absolute Gasteiger partial charge is 0.328 e. The Labute approximate surface area is 257 Å². The third-order valence-corrected chi connectivity index (χ3v) is 8.89. The Morgan fingerprint density at radius 1 is 0.727 bits per heavy atom. The Hall–Kier alpha value is -4.78. The van der Waals surface area contributed by atoms with Crippen LogP contribution in [0.2, 0.25) is 0 Å². The molecule has 0 bridgehead atoms. The third kappa shape index (κ3) is 5.62. The lowest BCUT2D eigenvalue weighted by molar-refractivity contribution is -0.148. The first-order chi connectivity index (χ1) is 21.5. The number of unbranched alkanes of at least 4 members (excludes halogenated alkanes) is 4. The summed E-state index contributed by atoms with van der Waals surface area (Å²) in [7, 11) is 0. The molecule has 0 radical (unpaired) electrons.